The molecular formula is C14H10ClN3OS. The molecule has 2 heterocycles. The Balaban J connectivity index is 2.28. The van der Waals surface area contributed by atoms with Crippen molar-refractivity contribution in [2.45, 2.75) is 18.1 Å². The zero-order valence-electron chi connectivity index (χ0n) is 10.5. The van der Waals surface area contributed by atoms with Gasteiger partial charge in [0.2, 0.25) is 0 Å². The molecule has 0 fully saturated rings. The first-order chi connectivity index (χ1) is 9.70. The van der Waals surface area contributed by atoms with E-state index in [9.17, 15) is 10.1 Å². The number of halogens is 1. The molecule has 0 aliphatic carbocycles. The SMILES string of the molecule is N#Cc1c(-c2cccc(Cl)c2)nc2n(c1=O)CCCS2. The van der Waals surface area contributed by atoms with E-state index in [2.05, 4.69) is 4.98 Å². The standard InChI is InChI=1S/C14H10ClN3OS/c15-10-4-1-3-9(7-10)12-11(8-16)13(19)18-5-2-6-20-14(18)17-12/h1,3-4,7H,2,5-6H2. The minimum Gasteiger partial charge on any atom is -0.286 e. The number of hydrogen-bond donors (Lipinski definition) is 0. The summed E-state index contributed by atoms with van der Waals surface area (Å²) in [5.41, 5.74) is 0.930. The third-order valence-corrected chi connectivity index (χ3v) is 4.40. The van der Waals surface area contributed by atoms with Crippen molar-refractivity contribution in [2.24, 2.45) is 0 Å². The molecule has 6 heteroatoms. The maximum Gasteiger partial charge on any atom is 0.272 e. The van der Waals surface area contributed by atoms with E-state index in [0.29, 0.717) is 28.0 Å². The Morgan fingerprint density at radius 3 is 3.05 bits per heavy atom. The fourth-order valence-electron chi connectivity index (χ4n) is 2.17. The zero-order chi connectivity index (χ0) is 14.1. The van der Waals surface area contributed by atoms with Gasteiger partial charge in [-0.3, -0.25) is 9.36 Å². The van der Waals surface area contributed by atoms with Crippen molar-refractivity contribution < 1.29 is 0 Å². The Hall–Kier alpha value is -1.77. The first-order valence-electron chi connectivity index (χ1n) is 6.14. The maximum atomic E-state index is 12.4. The van der Waals surface area contributed by atoms with Crippen molar-refractivity contribution in [1.29, 1.82) is 5.26 Å². The number of hydrogen-bond acceptors (Lipinski definition) is 4. The number of nitrogens with zero attached hydrogens (tertiary/aromatic N) is 3. The van der Waals surface area contributed by atoms with E-state index in [1.165, 1.54) is 0 Å². The molecule has 100 valence electrons. The van der Waals surface area contributed by atoms with Crippen LogP contribution in [0.25, 0.3) is 11.3 Å². The van der Waals surface area contributed by atoms with E-state index >= 15 is 0 Å². The van der Waals surface area contributed by atoms with Gasteiger partial charge in [0, 0.05) is 22.9 Å². The van der Waals surface area contributed by atoms with Gasteiger partial charge in [-0.05, 0) is 18.6 Å². The molecule has 3 rings (SSSR count). The average molecular weight is 304 g/mol. The van der Waals surface area contributed by atoms with Gasteiger partial charge in [-0.1, -0.05) is 35.5 Å². The Bertz CT molecular complexity index is 779. The average Bonchev–Trinajstić information content (AvgIpc) is 2.47. The van der Waals surface area contributed by atoms with E-state index in [0.717, 1.165) is 12.2 Å². The summed E-state index contributed by atoms with van der Waals surface area (Å²) < 4.78 is 1.58. The van der Waals surface area contributed by atoms with E-state index in [-0.39, 0.29) is 11.1 Å². The molecule has 0 bridgehead atoms. The highest BCUT2D eigenvalue weighted by Gasteiger charge is 2.20. The van der Waals surface area contributed by atoms with Crippen LogP contribution in [0.5, 0.6) is 0 Å². The van der Waals surface area contributed by atoms with Crippen LogP contribution in [0.1, 0.15) is 12.0 Å². The molecule has 20 heavy (non-hydrogen) atoms. The summed E-state index contributed by atoms with van der Waals surface area (Å²) in [5, 5.41) is 10.5. The fourth-order valence-corrected chi connectivity index (χ4v) is 3.31. The normalized spacial score (nSPS) is 13.6. The highest BCUT2D eigenvalue weighted by molar-refractivity contribution is 7.99. The second-order valence-corrected chi connectivity index (χ2v) is 5.90. The molecule has 0 spiro atoms. The lowest BCUT2D eigenvalue weighted by atomic mass is 10.1. The Labute approximate surface area is 125 Å². The molecule has 0 unspecified atom stereocenters. The van der Waals surface area contributed by atoms with Gasteiger partial charge >= 0.3 is 0 Å². The molecule has 4 nitrogen and oxygen atoms in total. The zero-order valence-corrected chi connectivity index (χ0v) is 12.0. The minimum absolute atomic E-state index is 0.0820. The Kier molecular flexibility index (Phi) is 3.51. The van der Waals surface area contributed by atoms with Gasteiger partial charge < -0.3 is 0 Å². The number of aromatic nitrogens is 2. The molecule has 1 aliphatic heterocycles. The quantitative estimate of drug-likeness (QED) is 0.760. The topological polar surface area (TPSA) is 58.7 Å². The molecule has 0 N–H and O–H groups in total. The van der Waals surface area contributed by atoms with Crippen molar-refractivity contribution in [3.63, 3.8) is 0 Å². The van der Waals surface area contributed by atoms with Gasteiger partial charge in [-0.25, -0.2) is 4.98 Å². The molecule has 0 radical (unpaired) electrons. The number of rotatable bonds is 1. The van der Waals surface area contributed by atoms with Crippen LogP contribution in [0.4, 0.5) is 0 Å². The largest absolute Gasteiger partial charge is 0.286 e. The van der Waals surface area contributed by atoms with Crippen LogP contribution in [0, 0.1) is 11.3 Å². The molecule has 2 aromatic rings. The van der Waals surface area contributed by atoms with Crippen LogP contribution in [0.15, 0.2) is 34.2 Å². The van der Waals surface area contributed by atoms with Gasteiger partial charge in [-0.15, -0.1) is 0 Å². The number of benzene rings is 1. The number of nitriles is 1. The number of fused-ring (bicyclic) bond motifs is 1. The molecule has 0 atom stereocenters. The number of thioether (sulfide) groups is 1. The van der Waals surface area contributed by atoms with Crippen molar-refractivity contribution in [2.75, 3.05) is 5.75 Å². The molecule has 0 saturated carbocycles. The lowest BCUT2D eigenvalue weighted by Gasteiger charge is -2.18. The summed E-state index contributed by atoms with van der Waals surface area (Å²) in [6.45, 7) is 0.624. The van der Waals surface area contributed by atoms with Crippen LogP contribution in [0.2, 0.25) is 5.02 Å². The van der Waals surface area contributed by atoms with E-state index < -0.39 is 0 Å². The minimum atomic E-state index is -0.264. The maximum absolute atomic E-state index is 12.4. The Morgan fingerprint density at radius 1 is 1.45 bits per heavy atom. The molecule has 1 aliphatic rings. The lowest BCUT2D eigenvalue weighted by Crippen LogP contribution is -2.28. The molecule has 0 saturated heterocycles. The summed E-state index contributed by atoms with van der Waals surface area (Å²) in [5.74, 6) is 0.938. The van der Waals surface area contributed by atoms with Crippen LogP contribution < -0.4 is 5.56 Å². The van der Waals surface area contributed by atoms with Crippen LogP contribution >= 0.6 is 23.4 Å². The summed E-state index contributed by atoms with van der Waals surface area (Å²) in [6, 6.07) is 9.03. The third-order valence-electron chi connectivity index (χ3n) is 3.10. The predicted molar refractivity (Wildman–Crippen MR) is 79.0 cm³/mol. The van der Waals surface area contributed by atoms with E-state index in [1.54, 1.807) is 40.6 Å². The summed E-state index contributed by atoms with van der Waals surface area (Å²) in [7, 11) is 0. The first kappa shape index (κ1) is 13.2. The van der Waals surface area contributed by atoms with Crippen molar-refractivity contribution in [3.8, 4) is 17.3 Å². The van der Waals surface area contributed by atoms with E-state index in [1.807, 2.05) is 6.07 Å². The van der Waals surface area contributed by atoms with Gasteiger partial charge in [0.1, 0.15) is 11.6 Å². The van der Waals surface area contributed by atoms with Crippen LogP contribution in [0.3, 0.4) is 0 Å². The van der Waals surface area contributed by atoms with Crippen LogP contribution in [-0.4, -0.2) is 15.3 Å². The van der Waals surface area contributed by atoms with Crippen molar-refractivity contribution in [3.05, 3.63) is 45.2 Å². The predicted octanol–water partition coefficient (Wildman–Crippen LogP) is 2.93. The monoisotopic (exact) mass is 303 g/mol. The second kappa shape index (κ2) is 5.31. The van der Waals surface area contributed by atoms with Gasteiger partial charge in [-0.2, -0.15) is 5.26 Å². The Morgan fingerprint density at radius 2 is 2.30 bits per heavy atom. The van der Waals surface area contributed by atoms with Crippen molar-refractivity contribution in [1.82, 2.24) is 9.55 Å². The highest BCUT2D eigenvalue weighted by Crippen LogP contribution is 2.27. The van der Waals surface area contributed by atoms with E-state index in [4.69, 9.17) is 11.6 Å². The smallest absolute Gasteiger partial charge is 0.272 e. The third kappa shape index (κ3) is 2.21. The van der Waals surface area contributed by atoms with Crippen LogP contribution in [-0.2, 0) is 6.54 Å². The molecule has 1 aromatic heterocycles. The molecule has 0 amide bonds. The first-order valence-corrected chi connectivity index (χ1v) is 7.51. The summed E-state index contributed by atoms with van der Waals surface area (Å²) in [6.07, 6.45) is 0.917. The lowest BCUT2D eigenvalue weighted by molar-refractivity contribution is 0.562. The van der Waals surface area contributed by atoms with Gasteiger partial charge in [0.05, 0.1) is 5.69 Å². The summed E-state index contributed by atoms with van der Waals surface area (Å²) >= 11 is 7.52. The van der Waals surface area contributed by atoms with Crippen molar-refractivity contribution >= 4 is 23.4 Å². The van der Waals surface area contributed by atoms with Gasteiger partial charge in [0.25, 0.3) is 5.56 Å². The highest BCUT2D eigenvalue weighted by atomic mass is 35.5. The summed E-state index contributed by atoms with van der Waals surface area (Å²) in [4.78, 5) is 16.9. The molecule has 1 aromatic carbocycles. The fraction of sp³-hybridized carbons (Fsp3) is 0.214. The van der Waals surface area contributed by atoms with Gasteiger partial charge in [0.15, 0.2) is 5.16 Å². The second-order valence-electron chi connectivity index (χ2n) is 4.40. The molecular weight excluding hydrogens is 294 g/mol.